The molecule has 4 nitrogen and oxygen atoms in total. The van der Waals surface area contributed by atoms with Crippen molar-refractivity contribution in [3.8, 4) is 0 Å². The third-order valence-corrected chi connectivity index (χ3v) is 6.42. The molecule has 2 saturated carbocycles. The number of nitrogens with two attached hydrogens (primary N) is 1. The fourth-order valence-electron chi connectivity index (χ4n) is 4.39. The molecule has 1 aromatic rings. The van der Waals surface area contributed by atoms with Crippen LogP contribution in [0.25, 0.3) is 0 Å². The molecule has 1 heterocycles. The molecule has 2 aliphatic carbocycles. The van der Waals surface area contributed by atoms with Gasteiger partial charge < -0.3 is 0 Å². The van der Waals surface area contributed by atoms with Gasteiger partial charge in [-0.3, -0.25) is 16.0 Å². The Bertz CT molecular complexity index is 484. The van der Waals surface area contributed by atoms with Crippen LogP contribution in [-0.4, -0.2) is 15.8 Å². The summed E-state index contributed by atoms with van der Waals surface area (Å²) in [4.78, 5) is 0. The summed E-state index contributed by atoms with van der Waals surface area (Å²) < 4.78 is 3.26. The van der Waals surface area contributed by atoms with Crippen LogP contribution < -0.4 is 11.3 Å². The lowest BCUT2D eigenvalue weighted by molar-refractivity contribution is 0.245. The Labute approximate surface area is 129 Å². The van der Waals surface area contributed by atoms with E-state index >= 15 is 0 Å². The summed E-state index contributed by atoms with van der Waals surface area (Å²) in [6.07, 6.45) is 6.60. The van der Waals surface area contributed by atoms with Crippen LogP contribution in [0.15, 0.2) is 4.47 Å². The van der Waals surface area contributed by atoms with Crippen LogP contribution in [0.3, 0.4) is 0 Å². The highest BCUT2D eigenvalue weighted by Gasteiger charge is 2.43. The Balaban J connectivity index is 1.78. The number of aryl methyl sites for hydroxylation is 2. The Kier molecular flexibility index (Phi) is 4.20. The van der Waals surface area contributed by atoms with Crippen LogP contribution in [0.4, 0.5) is 0 Å². The van der Waals surface area contributed by atoms with Gasteiger partial charge in [-0.1, -0.05) is 6.42 Å². The van der Waals surface area contributed by atoms with Crippen LogP contribution >= 0.6 is 15.9 Å². The summed E-state index contributed by atoms with van der Waals surface area (Å²) in [5, 5.41) is 4.59. The molecule has 2 aliphatic rings. The number of aromatic nitrogens is 2. The van der Waals surface area contributed by atoms with E-state index in [0.717, 1.165) is 40.9 Å². The number of hydrogen-bond donors (Lipinski definition) is 2. The average Bonchev–Trinajstić information content (AvgIpc) is 3.13. The molecule has 0 amide bonds. The molecule has 0 spiro atoms. The fraction of sp³-hybridized carbons (Fsp3) is 0.800. The average molecular weight is 341 g/mol. The molecule has 3 N–H and O–H groups in total. The van der Waals surface area contributed by atoms with E-state index in [1.54, 1.807) is 0 Å². The fourth-order valence-corrected chi connectivity index (χ4v) is 4.84. The first-order valence-electron chi connectivity index (χ1n) is 7.81. The van der Waals surface area contributed by atoms with Gasteiger partial charge in [-0.25, -0.2) is 0 Å². The first-order valence-corrected chi connectivity index (χ1v) is 8.61. The quantitative estimate of drug-likeness (QED) is 0.640. The third kappa shape index (κ3) is 2.44. The summed E-state index contributed by atoms with van der Waals surface area (Å²) >= 11 is 3.70. The summed E-state index contributed by atoms with van der Waals surface area (Å²) in [7, 11) is 0. The highest BCUT2D eigenvalue weighted by molar-refractivity contribution is 9.10. The number of halogens is 1. The first-order chi connectivity index (χ1) is 9.63. The number of rotatable bonds is 5. The molecule has 4 atom stereocenters. The van der Waals surface area contributed by atoms with Gasteiger partial charge in [0.25, 0.3) is 0 Å². The van der Waals surface area contributed by atoms with E-state index < -0.39 is 0 Å². The van der Waals surface area contributed by atoms with Gasteiger partial charge in [0.05, 0.1) is 15.9 Å². The molecule has 112 valence electrons. The molecule has 0 saturated heterocycles. The number of nitrogens with one attached hydrogen (secondary N) is 1. The highest BCUT2D eigenvalue weighted by Crippen LogP contribution is 2.49. The van der Waals surface area contributed by atoms with Gasteiger partial charge in [-0.15, -0.1) is 0 Å². The van der Waals surface area contributed by atoms with Gasteiger partial charge in [0.15, 0.2) is 0 Å². The topological polar surface area (TPSA) is 55.9 Å². The second-order valence-electron chi connectivity index (χ2n) is 6.48. The van der Waals surface area contributed by atoms with Crippen molar-refractivity contribution in [2.45, 2.75) is 58.5 Å². The summed E-state index contributed by atoms with van der Waals surface area (Å²) in [6, 6.07) is 0.378. The molecular formula is C15H25BrN4. The predicted octanol–water partition coefficient (Wildman–Crippen LogP) is 2.78. The minimum absolute atomic E-state index is 0.378. The molecule has 0 radical (unpaired) electrons. The molecule has 1 aromatic heterocycles. The zero-order chi connectivity index (χ0) is 14.3. The van der Waals surface area contributed by atoms with Crippen molar-refractivity contribution in [3.63, 3.8) is 0 Å². The van der Waals surface area contributed by atoms with Crippen LogP contribution in [0.2, 0.25) is 0 Å². The van der Waals surface area contributed by atoms with Crippen LogP contribution in [-0.2, 0) is 13.0 Å². The lowest BCUT2D eigenvalue weighted by Crippen LogP contribution is -2.44. The van der Waals surface area contributed by atoms with Crippen molar-refractivity contribution < 1.29 is 0 Å². The Morgan fingerprint density at radius 2 is 2.25 bits per heavy atom. The van der Waals surface area contributed by atoms with Crippen molar-refractivity contribution in [1.29, 1.82) is 0 Å². The molecule has 2 bridgehead atoms. The van der Waals surface area contributed by atoms with E-state index in [1.807, 2.05) is 0 Å². The van der Waals surface area contributed by atoms with Gasteiger partial charge in [-0.05, 0) is 66.8 Å². The third-order valence-electron chi connectivity index (χ3n) is 5.39. The lowest BCUT2D eigenvalue weighted by atomic mass is 9.82. The predicted molar refractivity (Wildman–Crippen MR) is 84.1 cm³/mol. The largest absolute Gasteiger partial charge is 0.271 e. The SMILES string of the molecule is CCn1nc(C)c(Br)c1CC(NN)C1CC2CCC1C2. The smallest absolute Gasteiger partial charge is 0.0738 e. The van der Waals surface area contributed by atoms with E-state index in [-0.39, 0.29) is 0 Å². The van der Waals surface area contributed by atoms with Crippen LogP contribution in [0.1, 0.15) is 44.0 Å². The molecule has 0 aliphatic heterocycles. The van der Waals surface area contributed by atoms with E-state index in [2.05, 4.69) is 45.0 Å². The standard InChI is InChI=1S/C15H25BrN4/c1-3-20-14(15(16)9(2)19-20)8-13(18-17)12-7-10-4-5-11(12)6-10/h10-13,18H,3-8,17H2,1-2H3. The van der Waals surface area contributed by atoms with Gasteiger partial charge in [-0.2, -0.15) is 5.10 Å². The zero-order valence-corrected chi connectivity index (χ0v) is 14.0. The van der Waals surface area contributed by atoms with Crippen molar-refractivity contribution >= 4 is 15.9 Å². The Hall–Kier alpha value is -0.390. The van der Waals surface area contributed by atoms with E-state index in [0.29, 0.717) is 6.04 Å². The minimum Gasteiger partial charge on any atom is -0.271 e. The zero-order valence-electron chi connectivity index (χ0n) is 12.4. The maximum Gasteiger partial charge on any atom is 0.0738 e. The van der Waals surface area contributed by atoms with Crippen molar-refractivity contribution in [2.75, 3.05) is 0 Å². The highest BCUT2D eigenvalue weighted by atomic mass is 79.9. The number of hydrogen-bond acceptors (Lipinski definition) is 3. The van der Waals surface area contributed by atoms with E-state index in [9.17, 15) is 0 Å². The van der Waals surface area contributed by atoms with Crippen molar-refractivity contribution in [2.24, 2.45) is 23.6 Å². The van der Waals surface area contributed by atoms with Gasteiger partial charge in [0.1, 0.15) is 0 Å². The van der Waals surface area contributed by atoms with Gasteiger partial charge in [0, 0.05) is 19.0 Å². The maximum atomic E-state index is 5.89. The molecule has 5 heteroatoms. The van der Waals surface area contributed by atoms with E-state index in [1.165, 1.54) is 31.4 Å². The minimum atomic E-state index is 0.378. The van der Waals surface area contributed by atoms with Crippen LogP contribution in [0, 0.1) is 24.7 Å². The second kappa shape index (κ2) is 5.78. The number of fused-ring (bicyclic) bond motifs is 2. The Morgan fingerprint density at radius 1 is 1.45 bits per heavy atom. The molecule has 0 aromatic carbocycles. The maximum absolute atomic E-state index is 5.89. The normalized spacial score (nSPS) is 30.1. The number of hydrazine groups is 1. The lowest BCUT2D eigenvalue weighted by Gasteiger charge is -2.30. The van der Waals surface area contributed by atoms with Crippen molar-refractivity contribution in [3.05, 3.63) is 15.9 Å². The monoisotopic (exact) mass is 340 g/mol. The Morgan fingerprint density at radius 3 is 2.80 bits per heavy atom. The van der Waals surface area contributed by atoms with E-state index in [4.69, 9.17) is 5.84 Å². The second-order valence-corrected chi connectivity index (χ2v) is 7.27. The summed E-state index contributed by atoms with van der Waals surface area (Å²) in [5.74, 6) is 8.48. The van der Waals surface area contributed by atoms with Gasteiger partial charge in [0.2, 0.25) is 0 Å². The van der Waals surface area contributed by atoms with Crippen molar-refractivity contribution in [1.82, 2.24) is 15.2 Å². The summed E-state index contributed by atoms with van der Waals surface area (Å²) in [5.41, 5.74) is 5.47. The first kappa shape index (κ1) is 14.5. The number of nitrogens with zero attached hydrogens (tertiary/aromatic N) is 2. The summed E-state index contributed by atoms with van der Waals surface area (Å²) in [6.45, 7) is 5.11. The van der Waals surface area contributed by atoms with Crippen LogP contribution in [0.5, 0.6) is 0 Å². The van der Waals surface area contributed by atoms with Gasteiger partial charge >= 0.3 is 0 Å². The molecule has 20 heavy (non-hydrogen) atoms. The molecule has 4 unspecified atom stereocenters. The molecule has 3 rings (SSSR count). The molecular weight excluding hydrogens is 316 g/mol. The molecule has 2 fully saturated rings.